The molecule has 0 aromatic rings. The molecule has 2 nitrogen and oxygen atoms in total. The minimum atomic E-state index is -1.36. The molecule has 0 radical (unpaired) electrons. The van der Waals surface area contributed by atoms with E-state index in [2.05, 4.69) is 11.0 Å². The molecule has 0 spiro atoms. The van der Waals surface area contributed by atoms with Gasteiger partial charge in [0.25, 0.3) is 0 Å². The number of hydrogen-bond acceptors (Lipinski definition) is 2. The van der Waals surface area contributed by atoms with Crippen LogP contribution < -0.4 is 5.32 Å². The van der Waals surface area contributed by atoms with Crippen molar-refractivity contribution in [1.29, 1.82) is 0 Å². The molecular formula is C12H15F2NO. The van der Waals surface area contributed by atoms with Gasteiger partial charge in [0.15, 0.2) is 6.17 Å². The van der Waals surface area contributed by atoms with Gasteiger partial charge < -0.3 is 10.1 Å². The average Bonchev–Trinajstić information content (AvgIpc) is 2.29. The number of rotatable bonds is 2. The lowest BCUT2D eigenvalue weighted by molar-refractivity contribution is 0.0729. The van der Waals surface area contributed by atoms with Crippen molar-refractivity contribution in [2.75, 3.05) is 13.7 Å². The largest absolute Gasteiger partial charge is 0.380 e. The first-order valence-electron chi connectivity index (χ1n) is 5.44. The Kier molecular flexibility index (Phi) is 3.54. The Morgan fingerprint density at radius 2 is 2.31 bits per heavy atom. The summed E-state index contributed by atoms with van der Waals surface area (Å²) in [6, 6.07) is -0.0537. The summed E-state index contributed by atoms with van der Waals surface area (Å²) in [5.74, 6) is -0.554. The number of ether oxygens (including phenoxy) is 1. The van der Waals surface area contributed by atoms with Gasteiger partial charge in [-0.15, -0.1) is 5.73 Å². The van der Waals surface area contributed by atoms with Crippen LogP contribution in [0.5, 0.6) is 0 Å². The van der Waals surface area contributed by atoms with Gasteiger partial charge in [0, 0.05) is 31.3 Å². The highest BCUT2D eigenvalue weighted by molar-refractivity contribution is 5.31. The molecule has 0 aromatic carbocycles. The molecule has 4 heteroatoms. The summed E-state index contributed by atoms with van der Waals surface area (Å²) in [4.78, 5) is 0. The second-order valence-electron chi connectivity index (χ2n) is 4.09. The zero-order valence-electron chi connectivity index (χ0n) is 9.17. The highest BCUT2D eigenvalue weighted by Gasteiger charge is 2.27. The molecule has 1 N–H and O–H groups in total. The summed E-state index contributed by atoms with van der Waals surface area (Å²) in [5, 5.41) is 3.20. The molecule has 1 fully saturated rings. The molecule has 3 atom stereocenters. The standard InChI is InChI=1S/C12H15F2NO/c1-16-9-3-5-12(15-7-9)10-4-2-8(13)6-11(10)14/h2,6,9,11-12,15H,3,5,7H2,1H3. The van der Waals surface area contributed by atoms with E-state index in [1.807, 2.05) is 0 Å². The molecule has 0 saturated carbocycles. The highest BCUT2D eigenvalue weighted by Crippen LogP contribution is 2.24. The molecular weight excluding hydrogens is 212 g/mol. The van der Waals surface area contributed by atoms with Crippen molar-refractivity contribution in [3.05, 3.63) is 29.3 Å². The van der Waals surface area contributed by atoms with Crippen LogP contribution in [0.4, 0.5) is 8.78 Å². The number of nitrogens with one attached hydrogen (secondary N) is 1. The molecule has 1 aliphatic carbocycles. The number of halogens is 2. The van der Waals surface area contributed by atoms with E-state index in [-0.39, 0.29) is 12.1 Å². The van der Waals surface area contributed by atoms with E-state index in [9.17, 15) is 8.78 Å². The second-order valence-corrected chi connectivity index (χ2v) is 4.09. The predicted molar refractivity (Wildman–Crippen MR) is 57.5 cm³/mol. The minimum Gasteiger partial charge on any atom is -0.380 e. The first-order valence-corrected chi connectivity index (χ1v) is 5.44. The number of methoxy groups -OCH3 is 1. The van der Waals surface area contributed by atoms with Gasteiger partial charge in [-0.1, -0.05) is 0 Å². The number of alkyl halides is 1. The lowest BCUT2D eigenvalue weighted by Gasteiger charge is -2.30. The second kappa shape index (κ2) is 4.91. The summed E-state index contributed by atoms with van der Waals surface area (Å²) in [5.41, 5.74) is 3.19. The van der Waals surface area contributed by atoms with E-state index >= 15 is 0 Å². The van der Waals surface area contributed by atoms with E-state index in [1.165, 1.54) is 6.08 Å². The van der Waals surface area contributed by atoms with E-state index < -0.39 is 12.0 Å². The van der Waals surface area contributed by atoms with Crippen molar-refractivity contribution in [2.45, 2.75) is 31.2 Å². The van der Waals surface area contributed by atoms with Crippen LogP contribution in [0.3, 0.4) is 0 Å². The average molecular weight is 227 g/mol. The van der Waals surface area contributed by atoms with Gasteiger partial charge >= 0.3 is 0 Å². The van der Waals surface area contributed by atoms with Crippen LogP contribution in [-0.4, -0.2) is 32.0 Å². The zero-order valence-corrected chi connectivity index (χ0v) is 9.17. The van der Waals surface area contributed by atoms with Crippen molar-refractivity contribution >= 4 is 0 Å². The Bertz CT molecular complexity index is 350. The summed E-state index contributed by atoms with van der Waals surface area (Å²) < 4.78 is 31.5. The van der Waals surface area contributed by atoms with Gasteiger partial charge in [0.2, 0.25) is 0 Å². The first-order chi connectivity index (χ1) is 7.70. The van der Waals surface area contributed by atoms with Gasteiger partial charge in [-0.3, -0.25) is 0 Å². The fourth-order valence-corrected chi connectivity index (χ4v) is 2.10. The molecule has 0 amide bonds. The van der Waals surface area contributed by atoms with Crippen LogP contribution in [-0.2, 0) is 4.74 Å². The Hall–Kier alpha value is -0.960. The summed E-state index contributed by atoms with van der Waals surface area (Å²) in [7, 11) is 1.67. The van der Waals surface area contributed by atoms with Crippen molar-refractivity contribution in [1.82, 2.24) is 5.32 Å². The minimum absolute atomic E-state index is 0.0537. The van der Waals surface area contributed by atoms with Gasteiger partial charge in [-0.05, 0) is 18.9 Å². The molecule has 1 aliphatic heterocycles. The SMILES string of the molecule is COC1CCC(C2=C=CC(F)=CC2F)NC1. The van der Waals surface area contributed by atoms with Gasteiger partial charge in [-0.25, -0.2) is 8.78 Å². The van der Waals surface area contributed by atoms with E-state index in [0.717, 1.165) is 18.9 Å². The number of piperidine rings is 1. The van der Waals surface area contributed by atoms with Crippen LogP contribution in [0.25, 0.3) is 0 Å². The normalized spacial score (nSPS) is 34.6. The molecule has 3 unspecified atom stereocenters. The van der Waals surface area contributed by atoms with Gasteiger partial charge in [0.1, 0.15) is 5.83 Å². The van der Waals surface area contributed by atoms with Crippen molar-refractivity contribution in [2.24, 2.45) is 0 Å². The number of hydrogen-bond donors (Lipinski definition) is 1. The maximum absolute atomic E-state index is 13.6. The monoisotopic (exact) mass is 227 g/mol. The van der Waals surface area contributed by atoms with Gasteiger partial charge in [0.05, 0.1) is 6.10 Å². The topological polar surface area (TPSA) is 21.3 Å². The Labute approximate surface area is 93.7 Å². The lowest BCUT2D eigenvalue weighted by Crippen LogP contribution is -2.44. The fraction of sp³-hybridized carbons (Fsp3) is 0.583. The van der Waals surface area contributed by atoms with Crippen LogP contribution in [0.2, 0.25) is 0 Å². The van der Waals surface area contributed by atoms with Crippen LogP contribution in [0, 0.1) is 0 Å². The van der Waals surface area contributed by atoms with Crippen molar-refractivity contribution in [3.63, 3.8) is 0 Å². The summed E-state index contributed by atoms with van der Waals surface area (Å²) in [6.45, 7) is 0.700. The lowest BCUT2D eigenvalue weighted by atomic mass is 9.92. The Balaban J connectivity index is 2.03. The molecule has 88 valence electrons. The molecule has 16 heavy (non-hydrogen) atoms. The third kappa shape index (κ3) is 2.40. The highest BCUT2D eigenvalue weighted by atomic mass is 19.1. The molecule has 0 aromatic heterocycles. The number of allylic oxidation sites excluding steroid dienone is 2. The predicted octanol–water partition coefficient (Wildman–Crippen LogP) is 2.04. The summed E-state index contributed by atoms with van der Waals surface area (Å²) >= 11 is 0. The maximum Gasteiger partial charge on any atom is 0.151 e. The Morgan fingerprint density at radius 1 is 1.50 bits per heavy atom. The van der Waals surface area contributed by atoms with E-state index in [1.54, 1.807) is 7.11 Å². The van der Waals surface area contributed by atoms with Crippen molar-refractivity contribution in [3.8, 4) is 0 Å². The summed E-state index contributed by atoms with van der Waals surface area (Å²) in [6.07, 6.45) is 2.69. The van der Waals surface area contributed by atoms with Crippen LogP contribution in [0.1, 0.15) is 12.8 Å². The zero-order chi connectivity index (χ0) is 11.5. The molecule has 0 bridgehead atoms. The molecule has 2 aliphatic rings. The quantitative estimate of drug-likeness (QED) is 0.729. The van der Waals surface area contributed by atoms with Crippen molar-refractivity contribution < 1.29 is 13.5 Å². The van der Waals surface area contributed by atoms with Gasteiger partial charge in [-0.2, -0.15) is 0 Å². The first kappa shape index (κ1) is 11.5. The molecule has 1 heterocycles. The molecule has 1 saturated heterocycles. The Morgan fingerprint density at radius 3 is 2.88 bits per heavy atom. The van der Waals surface area contributed by atoms with Crippen LogP contribution >= 0.6 is 0 Å². The van der Waals surface area contributed by atoms with E-state index in [0.29, 0.717) is 12.1 Å². The smallest absolute Gasteiger partial charge is 0.151 e. The van der Waals surface area contributed by atoms with Crippen LogP contribution in [0.15, 0.2) is 29.3 Å². The maximum atomic E-state index is 13.6. The fourth-order valence-electron chi connectivity index (χ4n) is 2.10. The third-order valence-electron chi connectivity index (χ3n) is 3.06. The molecule has 2 rings (SSSR count). The third-order valence-corrected chi connectivity index (χ3v) is 3.06. The van der Waals surface area contributed by atoms with E-state index in [4.69, 9.17) is 4.74 Å².